The van der Waals surface area contributed by atoms with Gasteiger partial charge in [-0.3, -0.25) is 9.59 Å². The number of nitrogens with one attached hydrogen (secondary N) is 1. The van der Waals surface area contributed by atoms with E-state index < -0.39 is 0 Å². The van der Waals surface area contributed by atoms with Crippen molar-refractivity contribution < 1.29 is 4.79 Å². The Labute approximate surface area is 164 Å². The minimum Gasteiger partial charge on any atom is -0.370 e. The quantitative estimate of drug-likeness (QED) is 0.826. The van der Waals surface area contributed by atoms with Crippen LogP contribution in [0.25, 0.3) is 0 Å². The number of benzene rings is 1. The monoisotopic (exact) mass is 388 g/mol. The molecule has 0 aliphatic carbocycles. The molecular formula is C20H25ClN4O2. The molecule has 3 rings (SSSR count). The first-order valence-corrected chi connectivity index (χ1v) is 9.79. The van der Waals surface area contributed by atoms with E-state index in [1.165, 1.54) is 4.68 Å². The number of aryl methyl sites for hydroxylation is 1. The Bertz CT molecular complexity index is 827. The van der Waals surface area contributed by atoms with Gasteiger partial charge in [-0.1, -0.05) is 30.7 Å². The molecule has 27 heavy (non-hydrogen) atoms. The van der Waals surface area contributed by atoms with Gasteiger partial charge in [0, 0.05) is 43.2 Å². The van der Waals surface area contributed by atoms with E-state index in [1.54, 1.807) is 12.3 Å². The van der Waals surface area contributed by atoms with Crippen molar-refractivity contribution in [3.05, 3.63) is 57.5 Å². The largest absolute Gasteiger partial charge is 0.370 e. The van der Waals surface area contributed by atoms with Crippen LogP contribution in [0.4, 0.5) is 5.69 Å². The predicted molar refractivity (Wildman–Crippen MR) is 107 cm³/mol. The molecule has 1 N–H and O–H groups in total. The van der Waals surface area contributed by atoms with Gasteiger partial charge in [0.15, 0.2) is 0 Å². The summed E-state index contributed by atoms with van der Waals surface area (Å²) in [7, 11) is 0. The van der Waals surface area contributed by atoms with Crippen molar-refractivity contribution in [3.63, 3.8) is 0 Å². The Balaban J connectivity index is 1.50. The SMILES string of the molecule is CCCn1ncc(N2CCC(C(=O)NCc3ccc(Cl)cc3)CC2)cc1=O. The van der Waals surface area contributed by atoms with Gasteiger partial charge in [-0.05, 0) is 37.0 Å². The molecule has 1 fully saturated rings. The number of rotatable bonds is 6. The molecule has 1 amide bonds. The Morgan fingerprint density at radius 3 is 2.59 bits per heavy atom. The first-order valence-electron chi connectivity index (χ1n) is 9.41. The molecule has 7 heteroatoms. The van der Waals surface area contributed by atoms with Crippen LogP contribution in [-0.4, -0.2) is 28.8 Å². The summed E-state index contributed by atoms with van der Waals surface area (Å²) in [6.45, 7) is 4.66. The number of piperidine rings is 1. The van der Waals surface area contributed by atoms with Crippen molar-refractivity contribution in [2.45, 2.75) is 39.3 Å². The van der Waals surface area contributed by atoms with Crippen molar-refractivity contribution >= 4 is 23.2 Å². The van der Waals surface area contributed by atoms with Crippen LogP contribution in [0, 0.1) is 5.92 Å². The smallest absolute Gasteiger partial charge is 0.268 e. The normalized spacial score (nSPS) is 15.0. The number of anilines is 1. The van der Waals surface area contributed by atoms with E-state index in [0.29, 0.717) is 18.1 Å². The maximum absolute atomic E-state index is 12.4. The summed E-state index contributed by atoms with van der Waals surface area (Å²) in [6.07, 6.45) is 4.16. The lowest BCUT2D eigenvalue weighted by atomic mass is 9.95. The molecule has 1 saturated heterocycles. The Morgan fingerprint density at radius 1 is 1.26 bits per heavy atom. The first kappa shape index (κ1) is 19.4. The maximum atomic E-state index is 12.4. The number of amides is 1. The van der Waals surface area contributed by atoms with Crippen LogP contribution < -0.4 is 15.8 Å². The minimum atomic E-state index is -0.0721. The van der Waals surface area contributed by atoms with Gasteiger partial charge in [-0.25, -0.2) is 4.68 Å². The van der Waals surface area contributed by atoms with Gasteiger partial charge in [-0.2, -0.15) is 5.10 Å². The third-order valence-corrected chi connectivity index (χ3v) is 5.15. The van der Waals surface area contributed by atoms with E-state index in [-0.39, 0.29) is 17.4 Å². The van der Waals surface area contributed by atoms with E-state index in [4.69, 9.17) is 11.6 Å². The second kappa shape index (κ2) is 9.04. The lowest BCUT2D eigenvalue weighted by Crippen LogP contribution is -2.41. The van der Waals surface area contributed by atoms with E-state index >= 15 is 0 Å². The van der Waals surface area contributed by atoms with Crippen LogP contribution >= 0.6 is 11.6 Å². The zero-order valence-electron chi connectivity index (χ0n) is 15.5. The summed E-state index contributed by atoms with van der Waals surface area (Å²) in [4.78, 5) is 26.7. The maximum Gasteiger partial charge on any atom is 0.268 e. The molecule has 0 radical (unpaired) electrons. The molecule has 1 aliphatic rings. The summed E-state index contributed by atoms with van der Waals surface area (Å²) >= 11 is 5.88. The topological polar surface area (TPSA) is 67.2 Å². The van der Waals surface area contributed by atoms with Crippen LogP contribution in [0.2, 0.25) is 5.02 Å². The number of halogens is 1. The van der Waals surface area contributed by atoms with E-state index in [0.717, 1.165) is 43.6 Å². The summed E-state index contributed by atoms with van der Waals surface area (Å²) < 4.78 is 1.49. The van der Waals surface area contributed by atoms with Crippen molar-refractivity contribution in [2.75, 3.05) is 18.0 Å². The molecule has 1 aliphatic heterocycles. The molecule has 1 aromatic heterocycles. The number of hydrogen-bond acceptors (Lipinski definition) is 4. The first-order chi connectivity index (χ1) is 13.1. The zero-order chi connectivity index (χ0) is 19.2. The average Bonchev–Trinajstić information content (AvgIpc) is 2.69. The van der Waals surface area contributed by atoms with E-state index in [2.05, 4.69) is 15.3 Å². The molecule has 0 saturated carbocycles. The Kier molecular flexibility index (Phi) is 6.50. The summed E-state index contributed by atoms with van der Waals surface area (Å²) in [5.41, 5.74) is 1.80. The average molecular weight is 389 g/mol. The fourth-order valence-corrected chi connectivity index (χ4v) is 3.44. The van der Waals surface area contributed by atoms with Crippen LogP contribution in [0.5, 0.6) is 0 Å². The predicted octanol–water partition coefficient (Wildman–Crippen LogP) is 2.84. The molecule has 0 atom stereocenters. The highest BCUT2D eigenvalue weighted by atomic mass is 35.5. The summed E-state index contributed by atoms with van der Waals surface area (Å²) in [6, 6.07) is 9.12. The molecule has 0 spiro atoms. The lowest BCUT2D eigenvalue weighted by Gasteiger charge is -2.32. The van der Waals surface area contributed by atoms with Gasteiger partial charge in [0.2, 0.25) is 5.91 Å². The van der Waals surface area contributed by atoms with Crippen molar-refractivity contribution in [1.29, 1.82) is 0 Å². The number of aromatic nitrogens is 2. The Hall–Kier alpha value is -2.34. The fourth-order valence-electron chi connectivity index (χ4n) is 3.31. The molecule has 0 bridgehead atoms. The van der Waals surface area contributed by atoms with Crippen LogP contribution in [0.1, 0.15) is 31.7 Å². The molecule has 1 aromatic carbocycles. The van der Waals surface area contributed by atoms with E-state index in [9.17, 15) is 9.59 Å². The number of carbonyl (C=O) groups excluding carboxylic acids is 1. The van der Waals surface area contributed by atoms with Gasteiger partial charge < -0.3 is 10.2 Å². The second-order valence-corrected chi connectivity index (χ2v) is 7.32. The molecular weight excluding hydrogens is 364 g/mol. The van der Waals surface area contributed by atoms with Crippen molar-refractivity contribution in [2.24, 2.45) is 5.92 Å². The highest BCUT2D eigenvalue weighted by Gasteiger charge is 2.25. The van der Waals surface area contributed by atoms with Crippen molar-refractivity contribution in [1.82, 2.24) is 15.1 Å². The van der Waals surface area contributed by atoms with Gasteiger partial charge >= 0.3 is 0 Å². The lowest BCUT2D eigenvalue weighted by molar-refractivity contribution is -0.125. The molecule has 2 aromatic rings. The summed E-state index contributed by atoms with van der Waals surface area (Å²) in [5.74, 6) is 0.0862. The Morgan fingerprint density at radius 2 is 1.96 bits per heavy atom. The summed E-state index contributed by atoms with van der Waals surface area (Å²) in [5, 5.41) is 7.94. The number of carbonyl (C=O) groups is 1. The fraction of sp³-hybridized carbons (Fsp3) is 0.450. The van der Waals surface area contributed by atoms with E-state index in [1.807, 2.05) is 31.2 Å². The van der Waals surface area contributed by atoms with Gasteiger partial charge in [0.1, 0.15) is 0 Å². The third-order valence-electron chi connectivity index (χ3n) is 4.90. The zero-order valence-corrected chi connectivity index (χ0v) is 16.3. The van der Waals surface area contributed by atoms with Crippen molar-refractivity contribution in [3.8, 4) is 0 Å². The molecule has 2 heterocycles. The standard InChI is InChI=1S/C20H25ClN4O2/c1-2-9-25-19(26)12-18(14-23-25)24-10-7-16(8-11-24)20(27)22-13-15-3-5-17(21)6-4-15/h3-6,12,14,16H,2,7-11,13H2,1H3,(H,22,27). The molecule has 6 nitrogen and oxygen atoms in total. The van der Waals surface area contributed by atoms with Crippen LogP contribution in [-0.2, 0) is 17.9 Å². The minimum absolute atomic E-state index is 0.00182. The van der Waals surface area contributed by atoms with Gasteiger partial charge in [-0.15, -0.1) is 0 Å². The molecule has 144 valence electrons. The molecule has 0 unspecified atom stereocenters. The highest BCUT2D eigenvalue weighted by Crippen LogP contribution is 2.22. The third kappa shape index (κ3) is 5.10. The van der Waals surface area contributed by atoms with Crippen LogP contribution in [0.3, 0.4) is 0 Å². The highest BCUT2D eigenvalue weighted by molar-refractivity contribution is 6.30. The van der Waals surface area contributed by atoms with Crippen LogP contribution in [0.15, 0.2) is 41.3 Å². The van der Waals surface area contributed by atoms with Gasteiger partial charge in [0.25, 0.3) is 5.56 Å². The number of hydrogen-bond donors (Lipinski definition) is 1. The van der Waals surface area contributed by atoms with Gasteiger partial charge in [0.05, 0.1) is 11.9 Å². The second-order valence-electron chi connectivity index (χ2n) is 6.88. The number of nitrogens with zero attached hydrogens (tertiary/aromatic N) is 3.